The van der Waals surface area contributed by atoms with E-state index in [1.807, 2.05) is 0 Å². The van der Waals surface area contributed by atoms with Gasteiger partial charge < -0.3 is 10.6 Å². The summed E-state index contributed by atoms with van der Waals surface area (Å²) in [6, 6.07) is 0.324. The molecule has 16 heavy (non-hydrogen) atoms. The second-order valence-corrected chi connectivity index (χ2v) is 5.32. The zero-order chi connectivity index (χ0) is 12.1. The van der Waals surface area contributed by atoms with Crippen LogP contribution in [0.5, 0.6) is 0 Å². The van der Waals surface area contributed by atoms with Crippen LogP contribution in [0.15, 0.2) is 0 Å². The van der Waals surface area contributed by atoms with Gasteiger partial charge in [-0.1, -0.05) is 27.7 Å². The lowest BCUT2D eigenvalue weighted by atomic mass is 9.91. The van der Waals surface area contributed by atoms with Crippen LogP contribution in [0.2, 0.25) is 0 Å². The van der Waals surface area contributed by atoms with E-state index in [-0.39, 0.29) is 11.9 Å². The average Bonchev–Trinajstić information content (AvgIpc) is 2.25. The van der Waals surface area contributed by atoms with Crippen LogP contribution in [0.4, 0.5) is 0 Å². The zero-order valence-electron chi connectivity index (χ0n) is 11.0. The highest BCUT2D eigenvalue weighted by Crippen LogP contribution is 2.16. The van der Waals surface area contributed by atoms with Crippen molar-refractivity contribution in [3.05, 3.63) is 0 Å². The summed E-state index contributed by atoms with van der Waals surface area (Å²) in [7, 11) is 0. The van der Waals surface area contributed by atoms with E-state index >= 15 is 0 Å². The maximum absolute atomic E-state index is 12.1. The first kappa shape index (κ1) is 13.5. The van der Waals surface area contributed by atoms with Crippen molar-refractivity contribution in [3.8, 4) is 0 Å². The molecular weight excluding hydrogens is 200 g/mol. The van der Waals surface area contributed by atoms with E-state index in [2.05, 4.69) is 38.3 Å². The smallest absolute Gasteiger partial charge is 0.237 e. The average molecular weight is 226 g/mol. The lowest BCUT2D eigenvalue weighted by Gasteiger charge is -2.31. The van der Waals surface area contributed by atoms with E-state index in [9.17, 15) is 4.79 Å². The number of carbonyl (C=O) groups is 1. The fraction of sp³-hybridized carbons (Fsp3) is 0.923. The van der Waals surface area contributed by atoms with Crippen LogP contribution in [-0.4, -0.2) is 24.5 Å². The molecule has 0 saturated carbocycles. The highest BCUT2D eigenvalue weighted by Gasteiger charge is 2.28. The Morgan fingerprint density at radius 3 is 2.69 bits per heavy atom. The summed E-state index contributed by atoms with van der Waals surface area (Å²) in [5.74, 6) is 1.15. The summed E-state index contributed by atoms with van der Waals surface area (Å²) in [6.07, 6.45) is 3.35. The number of carbonyl (C=O) groups excluding carboxylic acids is 1. The van der Waals surface area contributed by atoms with E-state index in [0.29, 0.717) is 17.9 Å². The van der Waals surface area contributed by atoms with Gasteiger partial charge in [0.15, 0.2) is 0 Å². The van der Waals surface area contributed by atoms with Gasteiger partial charge >= 0.3 is 0 Å². The van der Waals surface area contributed by atoms with Crippen molar-refractivity contribution in [2.24, 2.45) is 11.8 Å². The van der Waals surface area contributed by atoms with Gasteiger partial charge in [0.05, 0.1) is 6.04 Å². The molecule has 1 saturated heterocycles. The zero-order valence-corrected chi connectivity index (χ0v) is 11.0. The van der Waals surface area contributed by atoms with Gasteiger partial charge in [0.2, 0.25) is 5.91 Å². The van der Waals surface area contributed by atoms with Gasteiger partial charge in [-0.25, -0.2) is 0 Å². The molecule has 0 aliphatic carbocycles. The van der Waals surface area contributed by atoms with Crippen molar-refractivity contribution < 1.29 is 4.79 Å². The van der Waals surface area contributed by atoms with Crippen molar-refractivity contribution in [3.63, 3.8) is 0 Å². The molecule has 1 amide bonds. The minimum Gasteiger partial charge on any atom is -0.352 e. The van der Waals surface area contributed by atoms with Gasteiger partial charge in [-0.15, -0.1) is 0 Å². The van der Waals surface area contributed by atoms with Crippen molar-refractivity contribution in [2.75, 3.05) is 6.54 Å². The second kappa shape index (κ2) is 6.24. The Labute approximate surface area is 99.4 Å². The predicted octanol–water partition coefficient (Wildman–Crippen LogP) is 1.93. The largest absolute Gasteiger partial charge is 0.352 e. The third-order valence-corrected chi connectivity index (χ3v) is 3.62. The summed E-state index contributed by atoms with van der Waals surface area (Å²) in [6.45, 7) is 9.58. The van der Waals surface area contributed by atoms with Crippen molar-refractivity contribution in [2.45, 2.75) is 59.0 Å². The summed E-state index contributed by atoms with van der Waals surface area (Å²) in [5, 5.41) is 6.49. The first-order valence-electron chi connectivity index (χ1n) is 6.60. The summed E-state index contributed by atoms with van der Waals surface area (Å²) in [5.41, 5.74) is 0. The molecule has 3 heteroatoms. The van der Waals surface area contributed by atoms with Crippen molar-refractivity contribution in [1.29, 1.82) is 0 Å². The fourth-order valence-corrected chi connectivity index (χ4v) is 2.41. The molecule has 0 spiro atoms. The van der Waals surface area contributed by atoms with Crippen LogP contribution in [-0.2, 0) is 4.79 Å². The molecule has 1 fully saturated rings. The maximum Gasteiger partial charge on any atom is 0.237 e. The van der Waals surface area contributed by atoms with E-state index < -0.39 is 0 Å². The van der Waals surface area contributed by atoms with E-state index in [1.54, 1.807) is 0 Å². The number of hydrogen-bond donors (Lipinski definition) is 2. The van der Waals surface area contributed by atoms with Gasteiger partial charge in [0, 0.05) is 6.04 Å². The van der Waals surface area contributed by atoms with Crippen LogP contribution in [0.1, 0.15) is 47.0 Å². The second-order valence-electron chi connectivity index (χ2n) is 5.32. The summed E-state index contributed by atoms with van der Waals surface area (Å²) in [4.78, 5) is 12.1. The molecule has 1 aliphatic heterocycles. The lowest BCUT2D eigenvalue weighted by Crippen LogP contribution is -2.53. The van der Waals surface area contributed by atoms with Crippen LogP contribution in [0, 0.1) is 11.8 Å². The Hall–Kier alpha value is -0.570. The number of amides is 1. The Morgan fingerprint density at radius 2 is 2.19 bits per heavy atom. The minimum atomic E-state index is 0.0153. The molecule has 0 bridgehead atoms. The molecular formula is C13H26N2O. The Balaban J connectivity index is 2.49. The number of nitrogens with one attached hydrogen (secondary N) is 2. The third-order valence-electron chi connectivity index (χ3n) is 3.62. The van der Waals surface area contributed by atoms with Crippen LogP contribution >= 0.6 is 0 Å². The first-order valence-corrected chi connectivity index (χ1v) is 6.60. The van der Waals surface area contributed by atoms with Crippen molar-refractivity contribution in [1.82, 2.24) is 10.6 Å². The molecule has 3 unspecified atom stereocenters. The molecule has 1 aliphatic rings. The first-order chi connectivity index (χ1) is 7.56. The molecule has 3 atom stereocenters. The molecule has 0 aromatic carbocycles. The summed E-state index contributed by atoms with van der Waals surface area (Å²) >= 11 is 0. The van der Waals surface area contributed by atoms with Gasteiger partial charge in [0.25, 0.3) is 0 Å². The highest BCUT2D eigenvalue weighted by molar-refractivity contribution is 5.82. The van der Waals surface area contributed by atoms with Gasteiger partial charge in [0.1, 0.15) is 0 Å². The minimum absolute atomic E-state index is 0.0153. The molecule has 0 aromatic rings. The molecule has 0 radical (unpaired) electrons. The standard InChI is InChI=1S/C13H26N2O/c1-5-11(9(2)3)15-13(16)12-10(4)7-6-8-14-12/h9-12,14H,5-8H2,1-4H3,(H,15,16). The lowest BCUT2D eigenvalue weighted by molar-refractivity contribution is -0.125. The van der Waals surface area contributed by atoms with E-state index in [0.717, 1.165) is 19.4 Å². The topological polar surface area (TPSA) is 41.1 Å². The molecule has 1 rings (SSSR count). The maximum atomic E-state index is 12.1. The molecule has 94 valence electrons. The number of hydrogen-bond acceptors (Lipinski definition) is 2. The Bertz CT molecular complexity index is 228. The number of piperidine rings is 1. The summed E-state index contributed by atoms with van der Waals surface area (Å²) < 4.78 is 0. The highest BCUT2D eigenvalue weighted by atomic mass is 16.2. The fourth-order valence-electron chi connectivity index (χ4n) is 2.41. The monoisotopic (exact) mass is 226 g/mol. The number of rotatable bonds is 4. The molecule has 2 N–H and O–H groups in total. The Morgan fingerprint density at radius 1 is 1.50 bits per heavy atom. The quantitative estimate of drug-likeness (QED) is 0.769. The van der Waals surface area contributed by atoms with Crippen LogP contribution in [0.25, 0.3) is 0 Å². The van der Waals surface area contributed by atoms with Gasteiger partial charge in [-0.05, 0) is 37.6 Å². The molecule has 1 heterocycles. The van der Waals surface area contributed by atoms with Crippen LogP contribution in [0.3, 0.4) is 0 Å². The Kier molecular flexibility index (Phi) is 5.26. The molecule has 0 aromatic heterocycles. The SMILES string of the molecule is CCC(NC(=O)C1NCCCC1C)C(C)C. The third kappa shape index (κ3) is 3.48. The van der Waals surface area contributed by atoms with Crippen LogP contribution < -0.4 is 10.6 Å². The van der Waals surface area contributed by atoms with Gasteiger partial charge in [-0.2, -0.15) is 0 Å². The normalized spacial score (nSPS) is 27.8. The van der Waals surface area contributed by atoms with Gasteiger partial charge in [-0.3, -0.25) is 4.79 Å². The van der Waals surface area contributed by atoms with Crippen molar-refractivity contribution >= 4 is 5.91 Å². The molecule has 3 nitrogen and oxygen atoms in total. The van der Waals surface area contributed by atoms with E-state index in [1.165, 1.54) is 6.42 Å². The van der Waals surface area contributed by atoms with E-state index in [4.69, 9.17) is 0 Å². The predicted molar refractivity (Wildman–Crippen MR) is 67.2 cm³/mol.